The number of nitrogens with zero attached hydrogens (tertiary/aromatic N) is 3. The summed E-state index contributed by atoms with van der Waals surface area (Å²) < 4.78 is 1.75. The molecule has 1 unspecified atom stereocenters. The van der Waals surface area contributed by atoms with E-state index in [1.54, 1.807) is 4.68 Å². The molecule has 2 heterocycles. The zero-order valence-corrected chi connectivity index (χ0v) is 14.1. The Morgan fingerprint density at radius 1 is 0.808 bits per heavy atom. The molecule has 26 heavy (non-hydrogen) atoms. The van der Waals surface area contributed by atoms with Crippen LogP contribution in [0.5, 0.6) is 0 Å². The Balaban J connectivity index is 1.78. The van der Waals surface area contributed by atoms with E-state index >= 15 is 0 Å². The van der Waals surface area contributed by atoms with Gasteiger partial charge in [-0.25, -0.2) is 9.66 Å². The van der Waals surface area contributed by atoms with Crippen molar-refractivity contribution in [3.8, 4) is 0 Å². The van der Waals surface area contributed by atoms with Crippen molar-refractivity contribution >= 4 is 16.6 Å². The molecule has 126 valence electrons. The Bertz CT molecular complexity index is 1140. The van der Waals surface area contributed by atoms with Gasteiger partial charge in [-0.3, -0.25) is 9.80 Å². The summed E-state index contributed by atoms with van der Waals surface area (Å²) in [5, 5.41) is 2.72. The summed E-state index contributed by atoms with van der Waals surface area (Å²) in [6, 6.07) is 27.9. The molecule has 3 aromatic carbocycles. The molecule has 0 amide bonds. The monoisotopic (exact) mass is 339 g/mol. The number of anilines is 1. The highest BCUT2D eigenvalue weighted by Gasteiger charge is 2.34. The smallest absolute Gasteiger partial charge is 0.269 e. The summed E-state index contributed by atoms with van der Waals surface area (Å²) in [7, 11) is 0. The van der Waals surface area contributed by atoms with E-state index in [2.05, 4.69) is 17.1 Å². The number of benzene rings is 3. The number of rotatable bonds is 2. The summed E-state index contributed by atoms with van der Waals surface area (Å²) in [6.45, 7) is 0. The van der Waals surface area contributed by atoms with E-state index in [1.165, 1.54) is 5.56 Å². The van der Waals surface area contributed by atoms with Crippen molar-refractivity contribution in [1.29, 1.82) is 0 Å². The van der Waals surface area contributed by atoms with Crippen LogP contribution < -0.4 is 10.6 Å². The van der Waals surface area contributed by atoms with Crippen molar-refractivity contribution in [2.45, 2.75) is 12.5 Å². The summed E-state index contributed by atoms with van der Waals surface area (Å²) in [5.41, 5.74) is 2.89. The van der Waals surface area contributed by atoms with E-state index < -0.39 is 0 Å². The van der Waals surface area contributed by atoms with Crippen molar-refractivity contribution in [3.05, 3.63) is 107 Å². The molecule has 0 radical (unpaired) electrons. The minimum absolute atomic E-state index is 0.0205. The van der Waals surface area contributed by atoms with Crippen LogP contribution >= 0.6 is 0 Å². The molecule has 4 heteroatoms. The summed E-state index contributed by atoms with van der Waals surface area (Å²) in [5.74, 6) is 0.798. The minimum atomic E-state index is -0.0205. The normalized spacial score (nSPS) is 16.0. The molecule has 5 rings (SSSR count). The maximum atomic E-state index is 13.3. The molecule has 0 N–H and O–H groups in total. The number of hydrogen-bond acceptors (Lipinski definition) is 3. The van der Waals surface area contributed by atoms with Crippen molar-refractivity contribution < 1.29 is 0 Å². The van der Waals surface area contributed by atoms with E-state index in [-0.39, 0.29) is 11.6 Å². The number of hydrogen-bond donors (Lipinski definition) is 0. The maximum absolute atomic E-state index is 13.3. The predicted molar refractivity (Wildman–Crippen MR) is 103 cm³/mol. The quantitative estimate of drug-likeness (QED) is 0.555. The largest absolute Gasteiger partial charge is 0.280 e. The molecule has 0 fully saturated rings. The molecule has 0 spiro atoms. The third kappa shape index (κ3) is 2.23. The van der Waals surface area contributed by atoms with Gasteiger partial charge in [-0.2, -0.15) is 0 Å². The summed E-state index contributed by atoms with van der Waals surface area (Å²) in [4.78, 5) is 18.1. The van der Waals surface area contributed by atoms with Gasteiger partial charge in [-0.05, 0) is 29.8 Å². The molecule has 0 saturated heterocycles. The molecule has 1 aliphatic rings. The van der Waals surface area contributed by atoms with Crippen LogP contribution in [0.15, 0.2) is 89.7 Å². The summed E-state index contributed by atoms with van der Waals surface area (Å²) in [6.07, 6.45) is 0.693. The number of para-hydroxylation sites is 2. The van der Waals surface area contributed by atoms with Crippen LogP contribution in [-0.4, -0.2) is 9.66 Å². The Labute approximate surface area is 150 Å². The van der Waals surface area contributed by atoms with E-state index in [1.807, 2.05) is 72.8 Å². The number of fused-ring (bicyclic) bond motifs is 2. The molecule has 0 aliphatic carbocycles. The highest BCUT2D eigenvalue weighted by atomic mass is 16.1. The lowest BCUT2D eigenvalue weighted by Crippen LogP contribution is -2.37. The molecule has 4 aromatic rings. The van der Waals surface area contributed by atoms with Crippen LogP contribution in [0.25, 0.3) is 10.9 Å². The average molecular weight is 339 g/mol. The van der Waals surface area contributed by atoms with Gasteiger partial charge in [0, 0.05) is 6.42 Å². The molecule has 1 aliphatic heterocycles. The van der Waals surface area contributed by atoms with Crippen LogP contribution in [0, 0.1) is 0 Å². The fraction of sp³-hybridized carbons (Fsp3) is 0.0909. The van der Waals surface area contributed by atoms with Gasteiger partial charge < -0.3 is 0 Å². The zero-order chi connectivity index (χ0) is 17.5. The van der Waals surface area contributed by atoms with Gasteiger partial charge in [0.15, 0.2) is 0 Å². The van der Waals surface area contributed by atoms with Crippen LogP contribution in [0.2, 0.25) is 0 Å². The first-order valence-electron chi connectivity index (χ1n) is 8.73. The minimum Gasteiger partial charge on any atom is -0.269 e. The maximum Gasteiger partial charge on any atom is 0.280 e. The second-order valence-corrected chi connectivity index (χ2v) is 6.47. The first-order valence-corrected chi connectivity index (χ1v) is 8.73. The number of aromatic nitrogens is 2. The SMILES string of the molecule is O=c1c2ccccc2nc2n1N(c1ccccc1)C(c1ccccc1)C2. The lowest BCUT2D eigenvalue weighted by molar-refractivity contribution is 0.636. The van der Waals surface area contributed by atoms with Gasteiger partial charge in [0.1, 0.15) is 5.82 Å². The fourth-order valence-electron chi connectivity index (χ4n) is 3.73. The molecular weight excluding hydrogens is 322 g/mol. The predicted octanol–water partition coefficient (Wildman–Crippen LogP) is 3.96. The van der Waals surface area contributed by atoms with Crippen molar-refractivity contribution in [1.82, 2.24) is 9.66 Å². The zero-order valence-electron chi connectivity index (χ0n) is 14.1. The van der Waals surface area contributed by atoms with Crippen molar-refractivity contribution in [3.63, 3.8) is 0 Å². The van der Waals surface area contributed by atoms with Gasteiger partial charge in [0.25, 0.3) is 5.56 Å². The molecule has 0 bridgehead atoms. The topological polar surface area (TPSA) is 38.1 Å². The lowest BCUT2D eigenvalue weighted by atomic mass is 10.0. The van der Waals surface area contributed by atoms with Crippen molar-refractivity contribution in [2.75, 3.05) is 5.01 Å². The second-order valence-electron chi connectivity index (χ2n) is 6.47. The second kappa shape index (κ2) is 5.85. The van der Waals surface area contributed by atoms with Crippen molar-refractivity contribution in [2.24, 2.45) is 0 Å². The van der Waals surface area contributed by atoms with Crippen LogP contribution in [-0.2, 0) is 6.42 Å². The molecular formula is C22H17N3O. The van der Waals surface area contributed by atoms with E-state index in [4.69, 9.17) is 4.98 Å². The molecule has 1 aromatic heterocycles. The van der Waals surface area contributed by atoms with Gasteiger partial charge in [-0.15, -0.1) is 0 Å². The third-order valence-corrected chi connectivity index (χ3v) is 4.91. The highest BCUT2D eigenvalue weighted by Crippen LogP contribution is 2.35. The van der Waals surface area contributed by atoms with Gasteiger partial charge in [-0.1, -0.05) is 60.7 Å². The standard InChI is InChI=1S/C22H17N3O/c26-22-18-13-7-8-14-19(18)23-21-15-20(16-9-3-1-4-10-16)24(25(21)22)17-11-5-2-6-12-17/h1-14,20H,15H2. The third-order valence-electron chi connectivity index (χ3n) is 4.91. The van der Waals surface area contributed by atoms with E-state index in [0.29, 0.717) is 11.8 Å². The van der Waals surface area contributed by atoms with Gasteiger partial charge in [0.2, 0.25) is 0 Å². The average Bonchev–Trinajstić information content (AvgIpc) is 3.09. The van der Waals surface area contributed by atoms with Crippen LogP contribution in [0.1, 0.15) is 17.4 Å². The Morgan fingerprint density at radius 2 is 1.46 bits per heavy atom. The molecule has 1 atom stereocenters. The Morgan fingerprint density at radius 3 is 2.23 bits per heavy atom. The van der Waals surface area contributed by atoms with Gasteiger partial charge in [0.05, 0.1) is 22.6 Å². The molecule has 4 nitrogen and oxygen atoms in total. The Kier molecular flexibility index (Phi) is 3.35. The highest BCUT2D eigenvalue weighted by molar-refractivity contribution is 5.77. The first-order chi connectivity index (χ1) is 12.8. The fourth-order valence-corrected chi connectivity index (χ4v) is 3.73. The van der Waals surface area contributed by atoms with E-state index in [9.17, 15) is 4.79 Å². The first kappa shape index (κ1) is 14.9. The van der Waals surface area contributed by atoms with Crippen LogP contribution in [0.3, 0.4) is 0 Å². The van der Waals surface area contributed by atoms with E-state index in [0.717, 1.165) is 17.0 Å². The summed E-state index contributed by atoms with van der Waals surface area (Å²) >= 11 is 0. The Hall–Kier alpha value is -3.40. The van der Waals surface area contributed by atoms with Crippen LogP contribution in [0.4, 0.5) is 5.69 Å². The lowest BCUT2D eigenvalue weighted by Gasteiger charge is -2.28. The van der Waals surface area contributed by atoms with Gasteiger partial charge >= 0.3 is 0 Å². The molecule has 0 saturated carbocycles.